The van der Waals surface area contributed by atoms with Crippen molar-refractivity contribution in [3.05, 3.63) is 52.4 Å². The third kappa shape index (κ3) is 4.23. The molecule has 1 aromatic rings. The summed E-state index contributed by atoms with van der Waals surface area (Å²) < 4.78 is 5.66. The predicted octanol–water partition coefficient (Wildman–Crippen LogP) is 4.86. The molecule has 6 heteroatoms. The molecule has 6 nitrogen and oxygen atoms in total. The average Bonchev–Trinajstić information content (AvgIpc) is 2.69. The van der Waals surface area contributed by atoms with Crippen LogP contribution in [-0.4, -0.2) is 41.2 Å². The summed E-state index contributed by atoms with van der Waals surface area (Å²) in [4.78, 5) is 40.8. The van der Waals surface area contributed by atoms with Crippen LogP contribution in [0.1, 0.15) is 71.3 Å². The summed E-state index contributed by atoms with van der Waals surface area (Å²) in [7, 11) is 1.60. The molecule has 1 N–H and O–H groups in total. The number of benzene rings is 1. The molecule has 0 amide bonds. The third-order valence-electron chi connectivity index (χ3n) is 7.02. The molecule has 1 aromatic carbocycles. The largest absolute Gasteiger partial charge is 0.496 e. The molecule has 0 saturated carbocycles. The first kappa shape index (κ1) is 23.3. The zero-order valence-electron chi connectivity index (χ0n) is 20.2. The SMILES string of the molecule is COc1ccccc1C1C2=C(CC(C)(C)CC2=O)N(CCC(=O)O)C2=C1C(=O)CC(C)(C)C2. The maximum Gasteiger partial charge on any atom is 0.305 e. The summed E-state index contributed by atoms with van der Waals surface area (Å²) in [6, 6.07) is 7.59. The summed E-state index contributed by atoms with van der Waals surface area (Å²) >= 11 is 0. The summed E-state index contributed by atoms with van der Waals surface area (Å²) in [5.41, 5.74) is 3.35. The Balaban J connectivity index is 2.00. The maximum absolute atomic E-state index is 13.6. The third-order valence-corrected chi connectivity index (χ3v) is 7.02. The lowest BCUT2D eigenvalue weighted by Gasteiger charge is -2.49. The second kappa shape index (κ2) is 8.15. The summed E-state index contributed by atoms with van der Waals surface area (Å²) in [6.45, 7) is 8.53. The zero-order valence-corrected chi connectivity index (χ0v) is 20.2. The molecule has 4 rings (SSSR count). The standard InChI is InChI=1S/C27H33NO5/c1-26(2)12-17-24(19(29)14-26)23(16-8-6-7-9-21(16)33-5)25-18(28(17)11-10-22(31)32)13-27(3,4)15-20(25)30/h6-9,23H,10-15H2,1-5H3,(H,31,32). The van der Waals surface area contributed by atoms with Crippen molar-refractivity contribution in [1.82, 2.24) is 4.90 Å². The van der Waals surface area contributed by atoms with Crippen molar-refractivity contribution < 1.29 is 24.2 Å². The fourth-order valence-electron chi connectivity index (χ4n) is 5.74. The highest BCUT2D eigenvalue weighted by molar-refractivity contribution is 6.07. The fourth-order valence-corrected chi connectivity index (χ4v) is 5.74. The van der Waals surface area contributed by atoms with Crippen molar-refractivity contribution in [3.8, 4) is 5.75 Å². The van der Waals surface area contributed by atoms with Crippen molar-refractivity contribution in [2.24, 2.45) is 10.8 Å². The Hall–Kier alpha value is -2.89. The number of methoxy groups -OCH3 is 1. The van der Waals surface area contributed by atoms with E-state index in [2.05, 4.69) is 27.7 Å². The number of allylic oxidation sites excluding steroid dienone is 4. The van der Waals surface area contributed by atoms with Crippen LogP contribution in [0.3, 0.4) is 0 Å². The van der Waals surface area contributed by atoms with Crippen molar-refractivity contribution in [1.29, 1.82) is 0 Å². The van der Waals surface area contributed by atoms with Crippen molar-refractivity contribution in [2.45, 2.75) is 65.7 Å². The number of para-hydroxylation sites is 1. The molecule has 0 atom stereocenters. The normalized spacial score (nSPS) is 22.3. The van der Waals surface area contributed by atoms with Gasteiger partial charge in [0, 0.05) is 53.4 Å². The van der Waals surface area contributed by atoms with E-state index in [0.29, 0.717) is 42.6 Å². The van der Waals surface area contributed by atoms with Gasteiger partial charge in [-0.25, -0.2) is 0 Å². The van der Waals surface area contributed by atoms with Crippen LogP contribution in [-0.2, 0) is 14.4 Å². The van der Waals surface area contributed by atoms with Crippen LogP contribution < -0.4 is 4.74 Å². The van der Waals surface area contributed by atoms with Crippen LogP contribution in [0.4, 0.5) is 0 Å². The van der Waals surface area contributed by atoms with E-state index in [0.717, 1.165) is 17.0 Å². The molecular formula is C27H33NO5. The molecular weight excluding hydrogens is 418 g/mol. The Morgan fingerprint density at radius 1 is 0.970 bits per heavy atom. The van der Waals surface area contributed by atoms with Crippen LogP contribution in [0.25, 0.3) is 0 Å². The van der Waals surface area contributed by atoms with Gasteiger partial charge in [-0.1, -0.05) is 45.9 Å². The van der Waals surface area contributed by atoms with E-state index >= 15 is 0 Å². The molecule has 1 heterocycles. The van der Waals surface area contributed by atoms with Crippen LogP contribution in [0.5, 0.6) is 5.75 Å². The minimum absolute atomic E-state index is 0.0293. The highest BCUT2D eigenvalue weighted by atomic mass is 16.5. The van der Waals surface area contributed by atoms with Crippen molar-refractivity contribution in [2.75, 3.05) is 13.7 Å². The number of carbonyl (C=O) groups is 3. The van der Waals surface area contributed by atoms with Gasteiger partial charge in [0.1, 0.15) is 5.75 Å². The van der Waals surface area contributed by atoms with Gasteiger partial charge in [0.05, 0.1) is 13.5 Å². The smallest absolute Gasteiger partial charge is 0.305 e. The second-order valence-electron chi connectivity index (χ2n) is 11.1. The van der Waals surface area contributed by atoms with Gasteiger partial charge in [-0.15, -0.1) is 0 Å². The number of ketones is 2. The highest BCUT2D eigenvalue weighted by Crippen LogP contribution is 2.55. The molecule has 0 fully saturated rings. The molecule has 3 aliphatic rings. The first-order chi connectivity index (χ1) is 15.4. The Morgan fingerprint density at radius 2 is 1.48 bits per heavy atom. The molecule has 0 spiro atoms. The monoisotopic (exact) mass is 451 g/mol. The van der Waals surface area contributed by atoms with Gasteiger partial charge in [0.25, 0.3) is 0 Å². The van der Waals surface area contributed by atoms with Gasteiger partial charge >= 0.3 is 5.97 Å². The van der Waals surface area contributed by atoms with Gasteiger partial charge in [0.15, 0.2) is 11.6 Å². The first-order valence-corrected chi connectivity index (χ1v) is 11.6. The maximum atomic E-state index is 13.6. The van der Waals surface area contributed by atoms with E-state index in [1.807, 2.05) is 29.2 Å². The lowest BCUT2D eigenvalue weighted by Crippen LogP contribution is -2.45. The van der Waals surface area contributed by atoms with Crippen molar-refractivity contribution in [3.63, 3.8) is 0 Å². The van der Waals surface area contributed by atoms with Crippen LogP contribution in [0, 0.1) is 10.8 Å². The summed E-state index contributed by atoms with van der Waals surface area (Å²) in [6.07, 6.45) is 2.05. The number of hydrogen-bond acceptors (Lipinski definition) is 5. The predicted molar refractivity (Wildman–Crippen MR) is 125 cm³/mol. The number of Topliss-reactive ketones (excluding diaryl/α,β-unsaturated/α-hetero) is 2. The number of nitrogens with zero attached hydrogens (tertiary/aromatic N) is 1. The second-order valence-corrected chi connectivity index (χ2v) is 11.1. The Bertz CT molecular complexity index is 1040. The van der Waals surface area contributed by atoms with E-state index in [9.17, 15) is 19.5 Å². The van der Waals surface area contributed by atoms with Crippen LogP contribution in [0.15, 0.2) is 46.8 Å². The number of carbonyl (C=O) groups excluding carboxylic acids is 2. The van der Waals surface area contributed by atoms with Crippen LogP contribution in [0.2, 0.25) is 0 Å². The Kier molecular flexibility index (Phi) is 5.75. The Labute approximate surface area is 195 Å². The van der Waals surface area contributed by atoms with Crippen molar-refractivity contribution >= 4 is 17.5 Å². The van der Waals surface area contributed by atoms with Crippen LogP contribution >= 0.6 is 0 Å². The van der Waals surface area contributed by atoms with E-state index < -0.39 is 11.9 Å². The quantitative estimate of drug-likeness (QED) is 0.689. The molecule has 0 saturated heterocycles. The van der Waals surface area contributed by atoms with E-state index in [1.54, 1.807) is 7.11 Å². The molecule has 33 heavy (non-hydrogen) atoms. The zero-order chi connectivity index (χ0) is 24.1. The number of hydrogen-bond donors (Lipinski definition) is 1. The Morgan fingerprint density at radius 3 is 1.97 bits per heavy atom. The molecule has 0 unspecified atom stereocenters. The van der Waals surface area contributed by atoms with Gasteiger partial charge < -0.3 is 14.7 Å². The minimum atomic E-state index is -0.894. The lowest BCUT2D eigenvalue weighted by molar-refractivity contribution is -0.137. The van der Waals surface area contributed by atoms with Gasteiger partial charge in [-0.3, -0.25) is 14.4 Å². The molecule has 176 valence electrons. The number of rotatable bonds is 5. The molecule has 2 aliphatic carbocycles. The average molecular weight is 452 g/mol. The van der Waals surface area contributed by atoms with Gasteiger partial charge in [-0.2, -0.15) is 0 Å². The lowest BCUT2D eigenvalue weighted by atomic mass is 9.63. The first-order valence-electron chi connectivity index (χ1n) is 11.6. The van der Waals surface area contributed by atoms with E-state index in [-0.39, 0.29) is 35.4 Å². The molecule has 1 aliphatic heterocycles. The van der Waals surface area contributed by atoms with E-state index in [1.165, 1.54) is 0 Å². The van der Waals surface area contributed by atoms with Gasteiger partial charge in [-0.05, 0) is 29.7 Å². The van der Waals surface area contributed by atoms with Gasteiger partial charge in [0.2, 0.25) is 0 Å². The van der Waals surface area contributed by atoms with E-state index in [4.69, 9.17) is 4.74 Å². The number of carboxylic acids is 1. The minimum Gasteiger partial charge on any atom is -0.496 e. The topological polar surface area (TPSA) is 83.9 Å². The number of aliphatic carboxylic acids is 1. The summed E-state index contributed by atoms with van der Waals surface area (Å²) in [5.74, 6) is -0.674. The molecule has 0 radical (unpaired) electrons. The molecule has 0 bridgehead atoms. The number of carboxylic acid groups (broad SMARTS) is 1. The highest BCUT2D eigenvalue weighted by Gasteiger charge is 2.49. The molecule has 0 aromatic heterocycles. The summed E-state index contributed by atoms with van der Waals surface area (Å²) in [5, 5.41) is 9.43. The number of ether oxygens (including phenoxy) is 1. The fraction of sp³-hybridized carbons (Fsp3) is 0.519.